The van der Waals surface area contributed by atoms with Crippen molar-refractivity contribution in [3.05, 3.63) is 29.4 Å². The predicted octanol–water partition coefficient (Wildman–Crippen LogP) is 1.79. The number of nitrogens with zero attached hydrogens (tertiary/aromatic N) is 5. The lowest BCUT2D eigenvalue weighted by atomic mass is 9.80. The molecule has 0 amide bonds. The van der Waals surface area contributed by atoms with Gasteiger partial charge in [0.05, 0.1) is 24.1 Å². The summed E-state index contributed by atoms with van der Waals surface area (Å²) in [5.41, 5.74) is 2.53. The van der Waals surface area contributed by atoms with Crippen molar-refractivity contribution in [3.63, 3.8) is 0 Å². The van der Waals surface area contributed by atoms with Gasteiger partial charge in [-0.1, -0.05) is 6.42 Å². The van der Waals surface area contributed by atoms with Crippen LogP contribution in [-0.4, -0.2) is 49.4 Å². The molecule has 1 saturated heterocycles. The van der Waals surface area contributed by atoms with E-state index in [-0.39, 0.29) is 5.54 Å². The van der Waals surface area contributed by atoms with E-state index in [2.05, 4.69) is 24.6 Å². The average Bonchev–Trinajstić information content (AvgIpc) is 3.20. The van der Waals surface area contributed by atoms with E-state index in [1.165, 1.54) is 36.5 Å². The van der Waals surface area contributed by atoms with Crippen LogP contribution in [0.2, 0.25) is 0 Å². The fourth-order valence-electron chi connectivity index (χ4n) is 4.85. The van der Waals surface area contributed by atoms with Crippen LogP contribution in [0.5, 0.6) is 0 Å². The predicted molar refractivity (Wildman–Crippen MR) is 92.0 cm³/mol. The molecule has 0 bridgehead atoms. The van der Waals surface area contributed by atoms with Crippen molar-refractivity contribution in [3.8, 4) is 0 Å². The van der Waals surface area contributed by atoms with Crippen LogP contribution in [0.4, 0.5) is 0 Å². The number of hydrogen-bond acceptors (Lipinski definition) is 5. The van der Waals surface area contributed by atoms with Crippen molar-refractivity contribution >= 4 is 0 Å². The van der Waals surface area contributed by atoms with Gasteiger partial charge in [-0.05, 0) is 25.7 Å². The first-order valence-corrected chi connectivity index (χ1v) is 9.63. The molecular formula is C18H26N6O. The number of hydrogen-bond donors (Lipinski definition) is 1. The van der Waals surface area contributed by atoms with Gasteiger partial charge >= 0.3 is 0 Å². The molecule has 0 unspecified atom stereocenters. The number of ether oxygens (including phenoxy) is 1. The Morgan fingerprint density at radius 3 is 2.92 bits per heavy atom. The molecule has 0 aliphatic carbocycles. The van der Waals surface area contributed by atoms with E-state index in [4.69, 9.17) is 9.72 Å². The second kappa shape index (κ2) is 6.21. The lowest BCUT2D eigenvalue weighted by Crippen LogP contribution is -2.53. The third-order valence-electron chi connectivity index (χ3n) is 6.23. The maximum atomic E-state index is 5.68. The molecule has 1 spiro atoms. The van der Waals surface area contributed by atoms with E-state index in [1.54, 1.807) is 0 Å². The van der Waals surface area contributed by atoms with Gasteiger partial charge in [-0.3, -0.25) is 4.90 Å². The van der Waals surface area contributed by atoms with Crippen LogP contribution < -0.4 is 0 Å². The summed E-state index contributed by atoms with van der Waals surface area (Å²) in [6.07, 6.45) is 9.73. The largest absolute Gasteiger partial charge is 0.381 e. The molecule has 1 N–H and O–H groups in total. The summed E-state index contributed by atoms with van der Waals surface area (Å²) in [4.78, 5) is 10.7. The van der Waals surface area contributed by atoms with Gasteiger partial charge in [0.1, 0.15) is 11.6 Å². The number of aryl methyl sites for hydroxylation is 1. The molecule has 7 nitrogen and oxygen atoms in total. The van der Waals surface area contributed by atoms with Crippen LogP contribution in [0.15, 0.2) is 6.33 Å². The minimum absolute atomic E-state index is 0.0110. The van der Waals surface area contributed by atoms with E-state index in [1.807, 2.05) is 6.33 Å². The highest BCUT2D eigenvalue weighted by Gasteiger charge is 2.46. The smallest absolute Gasteiger partial charge is 0.147 e. The normalized spacial score (nSPS) is 23.2. The molecule has 5 rings (SSSR count). The summed E-state index contributed by atoms with van der Waals surface area (Å²) in [6.45, 7) is 4.58. The number of fused-ring (bicyclic) bond motifs is 3. The van der Waals surface area contributed by atoms with E-state index in [9.17, 15) is 0 Å². The third-order valence-corrected chi connectivity index (χ3v) is 6.23. The molecule has 2 aromatic rings. The van der Waals surface area contributed by atoms with Crippen LogP contribution in [0.1, 0.15) is 55.1 Å². The second-order valence-corrected chi connectivity index (χ2v) is 7.54. The van der Waals surface area contributed by atoms with Crippen molar-refractivity contribution in [2.75, 3.05) is 19.8 Å². The summed E-state index contributed by atoms with van der Waals surface area (Å²) < 4.78 is 8.06. The molecule has 0 radical (unpaired) electrons. The first-order valence-electron chi connectivity index (χ1n) is 9.63. The maximum Gasteiger partial charge on any atom is 0.147 e. The van der Waals surface area contributed by atoms with Gasteiger partial charge in [0, 0.05) is 44.8 Å². The van der Waals surface area contributed by atoms with Gasteiger partial charge in [0.15, 0.2) is 0 Å². The molecule has 0 aromatic carbocycles. The Morgan fingerprint density at radius 2 is 2.00 bits per heavy atom. The Labute approximate surface area is 147 Å². The van der Waals surface area contributed by atoms with Gasteiger partial charge in [-0.2, -0.15) is 0 Å². The minimum atomic E-state index is -0.0110. The Kier molecular flexibility index (Phi) is 3.86. The van der Waals surface area contributed by atoms with Gasteiger partial charge in [0.2, 0.25) is 0 Å². The summed E-state index contributed by atoms with van der Waals surface area (Å²) in [5, 5.41) is 9.06. The number of aromatic amines is 1. The fourth-order valence-corrected chi connectivity index (χ4v) is 4.85. The number of rotatable bonds is 2. The standard InChI is InChI=1S/C18H26N6O/c1-2-4-15-21-22-16(24(15)8-3-1)12-23-9-5-14-17(20-13-19-14)18(23)6-10-25-11-7-18/h13H,1-12H2,(H,19,20). The zero-order chi connectivity index (χ0) is 16.7. The summed E-state index contributed by atoms with van der Waals surface area (Å²) in [6, 6.07) is 0. The molecule has 134 valence electrons. The molecule has 5 heterocycles. The average molecular weight is 342 g/mol. The first-order chi connectivity index (χ1) is 12.4. The lowest BCUT2D eigenvalue weighted by Gasteiger charge is -2.48. The Balaban J connectivity index is 1.48. The molecule has 3 aliphatic rings. The summed E-state index contributed by atoms with van der Waals surface area (Å²) in [7, 11) is 0. The highest BCUT2D eigenvalue weighted by atomic mass is 16.5. The molecule has 0 atom stereocenters. The molecule has 7 heteroatoms. The lowest BCUT2D eigenvalue weighted by molar-refractivity contribution is -0.0464. The maximum absolute atomic E-state index is 5.68. The zero-order valence-corrected chi connectivity index (χ0v) is 14.7. The molecule has 1 fully saturated rings. The van der Waals surface area contributed by atoms with Gasteiger partial charge in [0.25, 0.3) is 0 Å². The quantitative estimate of drug-likeness (QED) is 0.901. The van der Waals surface area contributed by atoms with Gasteiger partial charge in [-0.15, -0.1) is 10.2 Å². The first kappa shape index (κ1) is 15.5. The van der Waals surface area contributed by atoms with Crippen molar-refractivity contribution in [1.29, 1.82) is 0 Å². The number of nitrogens with one attached hydrogen (secondary N) is 1. The molecule has 2 aromatic heterocycles. The third kappa shape index (κ3) is 2.52. The molecular weight excluding hydrogens is 316 g/mol. The topological polar surface area (TPSA) is 71.9 Å². The number of H-pyrrole nitrogens is 1. The summed E-state index contributed by atoms with van der Waals surface area (Å²) in [5.74, 6) is 2.30. The zero-order valence-electron chi connectivity index (χ0n) is 14.7. The van der Waals surface area contributed by atoms with E-state index >= 15 is 0 Å². The van der Waals surface area contributed by atoms with Gasteiger partial charge in [-0.25, -0.2) is 4.98 Å². The Morgan fingerprint density at radius 1 is 1.08 bits per heavy atom. The minimum Gasteiger partial charge on any atom is -0.381 e. The Hall–Kier alpha value is -1.73. The van der Waals surface area contributed by atoms with E-state index in [0.717, 1.165) is 64.4 Å². The van der Waals surface area contributed by atoms with Crippen LogP contribution in [0.25, 0.3) is 0 Å². The summed E-state index contributed by atoms with van der Waals surface area (Å²) >= 11 is 0. The van der Waals surface area contributed by atoms with Crippen LogP contribution >= 0.6 is 0 Å². The number of aromatic nitrogens is 5. The van der Waals surface area contributed by atoms with Crippen LogP contribution in [-0.2, 0) is 36.2 Å². The molecule has 25 heavy (non-hydrogen) atoms. The van der Waals surface area contributed by atoms with E-state index < -0.39 is 0 Å². The van der Waals surface area contributed by atoms with Crippen LogP contribution in [0.3, 0.4) is 0 Å². The monoisotopic (exact) mass is 342 g/mol. The highest BCUT2D eigenvalue weighted by Crippen LogP contribution is 2.42. The number of imidazole rings is 1. The van der Waals surface area contributed by atoms with Crippen molar-refractivity contribution in [2.45, 2.75) is 63.6 Å². The SMILES string of the molecule is c1nc2c([nH]1)CCN(Cc1nnc3n1CCCCC3)C21CCOCC1. The highest BCUT2D eigenvalue weighted by molar-refractivity contribution is 5.26. The van der Waals surface area contributed by atoms with Crippen molar-refractivity contribution < 1.29 is 4.74 Å². The van der Waals surface area contributed by atoms with Crippen molar-refractivity contribution in [2.24, 2.45) is 0 Å². The second-order valence-electron chi connectivity index (χ2n) is 7.54. The fraction of sp³-hybridized carbons (Fsp3) is 0.722. The van der Waals surface area contributed by atoms with Crippen molar-refractivity contribution in [1.82, 2.24) is 29.6 Å². The molecule has 0 saturated carbocycles. The van der Waals surface area contributed by atoms with Crippen LogP contribution in [0, 0.1) is 0 Å². The van der Waals surface area contributed by atoms with E-state index in [0.29, 0.717) is 0 Å². The Bertz CT molecular complexity index is 745. The molecule has 3 aliphatic heterocycles. The van der Waals surface area contributed by atoms with Gasteiger partial charge < -0.3 is 14.3 Å².